The Labute approximate surface area is 143 Å². The molecule has 2 aliphatic rings. The lowest BCUT2D eigenvalue weighted by atomic mass is 10.0. The standard InChI is InChI=1S/C17H28N4OS/c1-14-5-3-4-7-21(14)16(22)13-19-8-10-20(11-9-19)15(2)17-18-6-12-23-17/h6,12,14-15H,3-5,7-11,13H2,1-2H3/t14-,15-/m1/s1. The van der Waals surface area contributed by atoms with Crippen molar-refractivity contribution in [1.82, 2.24) is 19.7 Å². The lowest BCUT2D eigenvalue weighted by molar-refractivity contribution is -0.136. The van der Waals surface area contributed by atoms with E-state index in [0.717, 1.165) is 45.6 Å². The van der Waals surface area contributed by atoms with Crippen LogP contribution in [-0.4, -0.2) is 70.9 Å². The van der Waals surface area contributed by atoms with Crippen LogP contribution < -0.4 is 0 Å². The van der Waals surface area contributed by atoms with E-state index in [1.165, 1.54) is 11.4 Å². The first-order valence-corrected chi connectivity index (χ1v) is 9.68. The maximum absolute atomic E-state index is 12.5. The van der Waals surface area contributed by atoms with E-state index < -0.39 is 0 Å². The maximum Gasteiger partial charge on any atom is 0.236 e. The minimum atomic E-state index is 0.318. The van der Waals surface area contributed by atoms with Gasteiger partial charge in [0, 0.05) is 50.3 Å². The van der Waals surface area contributed by atoms with Crippen molar-refractivity contribution in [3.63, 3.8) is 0 Å². The number of hydrogen-bond acceptors (Lipinski definition) is 5. The Morgan fingerprint density at radius 1 is 1.30 bits per heavy atom. The quantitative estimate of drug-likeness (QED) is 0.845. The molecule has 0 radical (unpaired) electrons. The first kappa shape index (κ1) is 16.9. The third-order valence-corrected chi connectivity index (χ3v) is 6.19. The van der Waals surface area contributed by atoms with E-state index >= 15 is 0 Å². The predicted octanol–water partition coefficient (Wildman–Crippen LogP) is 2.22. The highest BCUT2D eigenvalue weighted by Crippen LogP contribution is 2.23. The van der Waals surface area contributed by atoms with Crippen molar-refractivity contribution in [2.75, 3.05) is 39.3 Å². The van der Waals surface area contributed by atoms with E-state index in [0.29, 0.717) is 24.5 Å². The van der Waals surface area contributed by atoms with Crippen LogP contribution in [0.15, 0.2) is 11.6 Å². The van der Waals surface area contributed by atoms with Crippen LogP contribution in [0.5, 0.6) is 0 Å². The van der Waals surface area contributed by atoms with E-state index in [1.54, 1.807) is 11.3 Å². The van der Waals surface area contributed by atoms with Crippen LogP contribution in [0.4, 0.5) is 0 Å². The van der Waals surface area contributed by atoms with Gasteiger partial charge in [0.15, 0.2) is 0 Å². The molecule has 0 aromatic carbocycles. The molecule has 2 atom stereocenters. The van der Waals surface area contributed by atoms with Crippen molar-refractivity contribution in [2.45, 2.75) is 45.2 Å². The molecule has 0 spiro atoms. The summed E-state index contributed by atoms with van der Waals surface area (Å²) in [6, 6.07) is 0.803. The molecule has 1 aromatic heterocycles. The van der Waals surface area contributed by atoms with E-state index in [2.05, 4.69) is 33.5 Å². The molecule has 1 amide bonds. The van der Waals surface area contributed by atoms with Crippen LogP contribution in [0.2, 0.25) is 0 Å². The molecule has 2 aliphatic heterocycles. The van der Waals surface area contributed by atoms with Crippen LogP contribution in [0, 0.1) is 0 Å². The van der Waals surface area contributed by atoms with Gasteiger partial charge in [-0.05, 0) is 33.1 Å². The molecule has 6 heteroatoms. The van der Waals surface area contributed by atoms with Crippen LogP contribution in [-0.2, 0) is 4.79 Å². The zero-order valence-corrected chi connectivity index (χ0v) is 15.1. The van der Waals surface area contributed by atoms with Gasteiger partial charge in [-0.25, -0.2) is 4.98 Å². The predicted molar refractivity (Wildman–Crippen MR) is 93.6 cm³/mol. The van der Waals surface area contributed by atoms with Gasteiger partial charge in [0.1, 0.15) is 5.01 Å². The number of likely N-dealkylation sites (tertiary alicyclic amines) is 1. The fourth-order valence-corrected chi connectivity index (χ4v) is 4.39. The minimum absolute atomic E-state index is 0.318. The van der Waals surface area contributed by atoms with Gasteiger partial charge in [-0.3, -0.25) is 14.6 Å². The van der Waals surface area contributed by atoms with Gasteiger partial charge in [-0.2, -0.15) is 0 Å². The Morgan fingerprint density at radius 3 is 2.74 bits per heavy atom. The lowest BCUT2D eigenvalue weighted by Crippen LogP contribution is -2.52. The first-order chi connectivity index (χ1) is 11.1. The monoisotopic (exact) mass is 336 g/mol. The number of nitrogens with zero attached hydrogens (tertiary/aromatic N) is 4. The van der Waals surface area contributed by atoms with Gasteiger partial charge in [0.2, 0.25) is 5.91 Å². The molecule has 2 saturated heterocycles. The first-order valence-electron chi connectivity index (χ1n) is 8.80. The zero-order chi connectivity index (χ0) is 16.2. The SMILES string of the molecule is C[C@H](c1nccs1)N1CCN(CC(=O)N2CCCC[C@H]2C)CC1. The van der Waals surface area contributed by atoms with Gasteiger partial charge in [-0.1, -0.05) is 0 Å². The highest BCUT2D eigenvalue weighted by atomic mass is 32.1. The molecule has 128 valence electrons. The minimum Gasteiger partial charge on any atom is -0.339 e. The van der Waals surface area contributed by atoms with Crippen LogP contribution in [0.3, 0.4) is 0 Å². The molecular formula is C17H28N4OS. The lowest BCUT2D eigenvalue weighted by Gasteiger charge is -2.39. The second-order valence-electron chi connectivity index (χ2n) is 6.79. The van der Waals surface area contributed by atoms with E-state index in [9.17, 15) is 4.79 Å². The Kier molecular flexibility index (Phi) is 5.67. The van der Waals surface area contributed by atoms with Crippen molar-refractivity contribution in [3.05, 3.63) is 16.6 Å². The summed E-state index contributed by atoms with van der Waals surface area (Å²) in [6.07, 6.45) is 5.46. The van der Waals surface area contributed by atoms with Gasteiger partial charge >= 0.3 is 0 Å². The molecule has 2 fully saturated rings. The molecule has 0 bridgehead atoms. The molecule has 1 aromatic rings. The smallest absolute Gasteiger partial charge is 0.236 e. The number of rotatable bonds is 4. The van der Waals surface area contributed by atoms with Gasteiger partial charge in [-0.15, -0.1) is 11.3 Å². The maximum atomic E-state index is 12.5. The summed E-state index contributed by atoms with van der Waals surface area (Å²) < 4.78 is 0. The number of aromatic nitrogens is 1. The Hall–Kier alpha value is -0.980. The average molecular weight is 337 g/mol. The molecule has 0 unspecified atom stereocenters. The topological polar surface area (TPSA) is 39.7 Å². The molecule has 3 rings (SSSR count). The van der Waals surface area contributed by atoms with E-state index in [-0.39, 0.29) is 0 Å². The normalized spacial score (nSPS) is 25.5. The molecule has 0 aliphatic carbocycles. The number of carbonyl (C=O) groups excluding carboxylic acids is 1. The Bertz CT molecular complexity index is 499. The second kappa shape index (κ2) is 7.73. The molecule has 0 saturated carbocycles. The molecule has 23 heavy (non-hydrogen) atoms. The molecule has 3 heterocycles. The highest BCUT2D eigenvalue weighted by Gasteiger charge is 2.27. The van der Waals surface area contributed by atoms with Crippen molar-refractivity contribution >= 4 is 17.2 Å². The van der Waals surface area contributed by atoms with Crippen LogP contribution in [0.1, 0.15) is 44.2 Å². The van der Waals surface area contributed by atoms with Gasteiger partial charge in [0.05, 0.1) is 12.6 Å². The summed E-state index contributed by atoms with van der Waals surface area (Å²) in [5, 5.41) is 3.23. The summed E-state index contributed by atoms with van der Waals surface area (Å²) in [5.41, 5.74) is 0. The van der Waals surface area contributed by atoms with Crippen LogP contribution in [0.25, 0.3) is 0 Å². The fourth-order valence-electron chi connectivity index (χ4n) is 3.66. The average Bonchev–Trinajstić information content (AvgIpc) is 3.09. The third kappa shape index (κ3) is 4.11. The number of hydrogen-bond donors (Lipinski definition) is 0. The number of piperazine rings is 1. The number of piperidine rings is 1. The summed E-state index contributed by atoms with van der Waals surface area (Å²) >= 11 is 1.73. The van der Waals surface area contributed by atoms with Gasteiger partial charge < -0.3 is 4.90 Å². The van der Waals surface area contributed by atoms with Crippen molar-refractivity contribution in [3.8, 4) is 0 Å². The number of carbonyl (C=O) groups is 1. The molecular weight excluding hydrogens is 308 g/mol. The fraction of sp³-hybridized carbons (Fsp3) is 0.765. The second-order valence-corrected chi connectivity index (χ2v) is 7.72. The Morgan fingerprint density at radius 2 is 2.09 bits per heavy atom. The van der Waals surface area contributed by atoms with Crippen molar-refractivity contribution < 1.29 is 4.79 Å². The summed E-state index contributed by atoms with van der Waals surface area (Å²) in [7, 11) is 0. The summed E-state index contributed by atoms with van der Waals surface area (Å²) in [4.78, 5) is 23.9. The number of amides is 1. The zero-order valence-electron chi connectivity index (χ0n) is 14.3. The highest BCUT2D eigenvalue weighted by molar-refractivity contribution is 7.09. The van der Waals surface area contributed by atoms with E-state index in [1.807, 2.05) is 11.6 Å². The van der Waals surface area contributed by atoms with Crippen molar-refractivity contribution in [1.29, 1.82) is 0 Å². The van der Waals surface area contributed by atoms with Crippen LogP contribution >= 0.6 is 11.3 Å². The third-order valence-electron chi connectivity index (χ3n) is 5.25. The largest absolute Gasteiger partial charge is 0.339 e. The number of thiazole rings is 1. The summed E-state index contributed by atoms with van der Waals surface area (Å²) in [5.74, 6) is 0.318. The van der Waals surface area contributed by atoms with Gasteiger partial charge in [0.25, 0.3) is 0 Å². The Balaban J connectivity index is 1.46. The molecule has 0 N–H and O–H groups in total. The summed E-state index contributed by atoms with van der Waals surface area (Å²) in [6.45, 7) is 9.94. The van der Waals surface area contributed by atoms with Crippen molar-refractivity contribution in [2.24, 2.45) is 0 Å². The van der Waals surface area contributed by atoms with E-state index in [4.69, 9.17) is 0 Å². The molecule has 5 nitrogen and oxygen atoms in total.